The number of aromatic nitrogens is 3. The van der Waals surface area contributed by atoms with Crippen LogP contribution in [0.15, 0.2) is 24.7 Å². The number of fused-ring (bicyclic) bond motifs is 1. The van der Waals surface area contributed by atoms with E-state index in [0.29, 0.717) is 25.8 Å². The van der Waals surface area contributed by atoms with E-state index in [1.54, 1.807) is 9.42 Å². The van der Waals surface area contributed by atoms with E-state index in [-0.39, 0.29) is 24.3 Å². The molecule has 2 aromatic rings. The predicted molar refractivity (Wildman–Crippen MR) is 102 cm³/mol. The summed E-state index contributed by atoms with van der Waals surface area (Å²) in [6.07, 6.45) is 5.60. The molecular formula is C20H28FN5O2. The molecule has 152 valence electrons. The zero-order valence-electron chi connectivity index (χ0n) is 16.2. The lowest BCUT2D eigenvalue weighted by Gasteiger charge is -2.40. The molecular weight excluding hydrogens is 361 g/mol. The second-order valence-electron chi connectivity index (χ2n) is 8.40. The molecule has 8 heteroatoms. The van der Waals surface area contributed by atoms with Crippen molar-refractivity contribution >= 4 is 11.6 Å². The Kier molecular flexibility index (Phi) is 5.09. The summed E-state index contributed by atoms with van der Waals surface area (Å²) in [6, 6.07) is 3.15. The molecule has 3 heterocycles. The Bertz CT molecular complexity index is 848. The molecule has 1 aliphatic heterocycles. The topological polar surface area (TPSA) is 96.7 Å². The van der Waals surface area contributed by atoms with E-state index in [1.165, 1.54) is 6.33 Å². The zero-order chi connectivity index (χ0) is 19.9. The first-order valence-electron chi connectivity index (χ1n) is 10.1. The van der Waals surface area contributed by atoms with Crippen molar-refractivity contribution in [1.29, 1.82) is 0 Å². The highest BCUT2D eigenvalue weighted by atomic mass is 19.1. The first kappa shape index (κ1) is 19.3. The molecule has 1 amide bonds. The van der Waals surface area contributed by atoms with Crippen LogP contribution in [0.2, 0.25) is 0 Å². The van der Waals surface area contributed by atoms with Crippen LogP contribution in [0.4, 0.5) is 4.39 Å². The minimum atomic E-state index is -0.932. The molecule has 0 radical (unpaired) electrons. The minimum Gasteiger partial charge on any atom is -0.385 e. The first-order valence-corrected chi connectivity index (χ1v) is 10.1. The molecule has 0 unspecified atom stereocenters. The Morgan fingerprint density at radius 3 is 2.79 bits per heavy atom. The number of nitrogens with zero attached hydrogens (tertiary/aromatic N) is 4. The summed E-state index contributed by atoms with van der Waals surface area (Å²) in [4.78, 5) is 18.3. The Balaban J connectivity index is 1.39. The van der Waals surface area contributed by atoms with Crippen LogP contribution >= 0.6 is 0 Å². The molecule has 7 nitrogen and oxygen atoms in total. The molecule has 1 aliphatic carbocycles. The first-order chi connectivity index (χ1) is 13.4. The molecule has 4 rings (SSSR count). The van der Waals surface area contributed by atoms with Crippen molar-refractivity contribution in [2.45, 2.75) is 56.8 Å². The zero-order valence-corrected chi connectivity index (χ0v) is 16.2. The molecule has 2 aromatic heterocycles. The molecule has 0 bridgehead atoms. The van der Waals surface area contributed by atoms with Gasteiger partial charge < -0.3 is 15.7 Å². The lowest BCUT2D eigenvalue weighted by Crippen LogP contribution is -2.49. The number of hydrogen-bond acceptors (Lipinski definition) is 5. The maximum atomic E-state index is 13.4. The van der Waals surface area contributed by atoms with Crippen LogP contribution in [-0.2, 0) is 10.4 Å². The number of carbonyl (C=O) groups excluding carboxylic acids is 1. The summed E-state index contributed by atoms with van der Waals surface area (Å²) < 4.78 is 15.1. The summed E-state index contributed by atoms with van der Waals surface area (Å²) in [7, 11) is 0. The number of pyridine rings is 1. The average molecular weight is 389 g/mol. The highest BCUT2D eigenvalue weighted by Gasteiger charge is 2.40. The van der Waals surface area contributed by atoms with Crippen molar-refractivity contribution in [3.05, 3.63) is 30.2 Å². The van der Waals surface area contributed by atoms with E-state index < -0.39 is 17.8 Å². The van der Waals surface area contributed by atoms with Gasteiger partial charge in [-0.1, -0.05) is 13.0 Å². The monoisotopic (exact) mass is 389 g/mol. The Morgan fingerprint density at radius 1 is 1.36 bits per heavy atom. The number of alkyl halides is 1. The fraction of sp³-hybridized carbons (Fsp3) is 0.650. The Labute approximate surface area is 163 Å². The number of aliphatic hydroxyl groups is 1. The number of rotatable bonds is 4. The SMILES string of the molecule is C[C@@H](C1CCC(O)(c2ccc3ncnn3c2)CC1)[C@H](N)C(=O)N1CC[C@H](F)C1. The largest absolute Gasteiger partial charge is 0.385 e. The third-order valence-corrected chi connectivity index (χ3v) is 6.71. The van der Waals surface area contributed by atoms with Gasteiger partial charge in [0, 0.05) is 18.3 Å². The molecule has 2 fully saturated rings. The standard InChI is InChI=1S/C20H28FN5O2/c1-13(18(22)19(27)25-9-6-16(21)11-25)14-4-7-20(28,8-5-14)15-2-3-17-23-12-24-26(17)10-15/h2-3,10,12-14,16,18,28H,4-9,11,22H2,1H3/t13-,14?,16-,18-,20?/m0/s1. The van der Waals surface area contributed by atoms with Crippen LogP contribution in [0.5, 0.6) is 0 Å². The molecule has 1 saturated carbocycles. The normalized spacial score (nSPS) is 30.5. The van der Waals surface area contributed by atoms with Crippen LogP contribution in [-0.4, -0.2) is 55.8 Å². The summed E-state index contributed by atoms with van der Waals surface area (Å²) in [5.74, 6) is 0.108. The van der Waals surface area contributed by atoms with Crippen LogP contribution < -0.4 is 5.73 Å². The highest BCUT2D eigenvalue weighted by molar-refractivity contribution is 5.82. The fourth-order valence-electron chi connectivity index (χ4n) is 4.67. The number of likely N-dealkylation sites (tertiary alicyclic amines) is 1. The van der Waals surface area contributed by atoms with Crippen LogP contribution in [0.1, 0.15) is 44.6 Å². The van der Waals surface area contributed by atoms with Gasteiger partial charge in [0.25, 0.3) is 0 Å². The van der Waals surface area contributed by atoms with Crippen molar-refractivity contribution in [2.75, 3.05) is 13.1 Å². The van der Waals surface area contributed by atoms with Crippen LogP contribution in [0.25, 0.3) is 5.65 Å². The van der Waals surface area contributed by atoms with Crippen LogP contribution in [0, 0.1) is 11.8 Å². The van der Waals surface area contributed by atoms with Gasteiger partial charge >= 0.3 is 0 Å². The Morgan fingerprint density at radius 2 is 2.11 bits per heavy atom. The second kappa shape index (κ2) is 7.40. The van der Waals surface area contributed by atoms with Gasteiger partial charge in [-0.2, -0.15) is 5.10 Å². The van der Waals surface area contributed by atoms with Crippen molar-refractivity contribution in [3.63, 3.8) is 0 Å². The summed E-state index contributed by atoms with van der Waals surface area (Å²) in [5, 5.41) is 15.3. The number of carbonyl (C=O) groups is 1. The van der Waals surface area contributed by atoms with Gasteiger partial charge in [-0.3, -0.25) is 4.79 Å². The van der Waals surface area contributed by atoms with E-state index in [2.05, 4.69) is 10.1 Å². The van der Waals surface area contributed by atoms with Crippen LogP contribution in [0.3, 0.4) is 0 Å². The molecule has 3 atom stereocenters. The van der Waals surface area contributed by atoms with Crippen molar-refractivity contribution in [3.8, 4) is 0 Å². The van der Waals surface area contributed by atoms with Crippen molar-refractivity contribution in [2.24, 2.45) is 17.6 Å². The summed E-state index contributed by atoms with van der Waals surface area (Å²) in [5.41, 5.74) is 6.93. The average Bonchev–Trinajstić information content (AvgIpc) is 3.35. The van der Waals surface area contributed by atoms with Gasteiger partial charge in [-0.25, -0.2) is 13.9 Å². The predicted octanol–water partition coefficient (Wildman–Crippen LogP) is 1.64. The van der Waals surface area contributed by atoms with E-state index in [4.69, 9.17) is 5.73 Å². The lowest BCUT2D eigenvalue weighted by atomic mass is 9.70. The number of hydrogen-bond donors (Lipinski definition) is 2. The van der Waals surface area contributed by atoms with Crippen molar-refractivity contribution in [1.82, 2.24) is 19.5 Å². The third-order valence-electron chi connectivity index (χ3n) is 6.71. The van der Waals surface area contributed by atoms with E-state index in [1.807, 2.05) is 25.3 Å². The smallest absolute Gasteiger partial charge is 0.239 e. The van der Waals surface area contributed by atoms with Gasteiger partial charge in [-0.15, -0.1) is 0 Å². The maximum absolute atomic E-state index is 13.4. The van der Waals surface area contributed by atoms with Gasteiger partial charge in [0.05, 0.1) is 18.2 Å². The quantitative estimate of drug-likeness (QED) is 0.829. The van der Waals surface area contributed by atoms with Gasteiger partial charge in [0.15, 0.2) is 5.65 Å². The molecule has 2 aliphatic rings. The number of halogens is 1. The number of amides is 1. The minimum absolute atomic E-state index is 0.00601. The Hall–Kier alpha value is -2.06. The summed E-state index contributed by atoms with van der Waals surface area (Å²) in [6.45, 7) is 2.62. The summed E-state index contributed by atoms with van der Waals surface area (Å²) >= 11 is 0. The number of nitrogens with two attached hydrogens (primary N) is 1. The molecule has 28 heavy (non-hydrogen) atoms. The molecule has 0 spiro atoms. The fourth-order valence-corrected chi connectivity index (χ4v) is 4.67. The second-order valence-corrected chi connectivity index (χ2v) is 8.40. The molecule has 0 aromatic carbocycles. The lowest BCUT2D eigenvalue weighted by molar-refractivity contribution is -0.133. The highest BCUT2D eigenvalue weighted by Crippen LogP contribution is 2.42. The van der Waals surface area contributed by atoms with Gasteiger partial charge in [-0.05, 0) is 50.0 Å². The van der Waals surface area contributed by atoms with E-state index >= 15 is 0 Å². The van der Waals surface area contributed by atoms with E-state index in [0.717, 1.165) is 24.1 Å². The molecule has 1 saturated heterocycles. The van der Waals surface area contributed by atoms with Crippen molar-refractivity contribution < 1.29 is 14.3 Å². The van der Waals surface area contributed by atoms with E-state index in [9.17, 15) is 14.3 Å². The maximum Gasteiger partial charge on any atom is 0.239 e. The molecule has 3 N–H and O–H groups in total. The van der Waals surface area contributed by atoms with Gasteiger partial charge in [0.1, 0.15) is 12.5 Å². The van der Waals surface area contributed by atoms with Gasteiger partial charge in [0.2, 0.25) is 5.91 Å². The third kappa shape index (κ3) is 3.51.